The lowest BCUT2D eigenvalue weighted by atomic mass is 9.95. The van der Waals surface area contributed by atoms with E-state index in [0.29, 0.717) is 19.1 Å². The molecular formula is C10H19NO2. The maximum Gasteiger partial charge on any atom is 0.307 e. The molecule has 0 saturated carbocycles. The first-order valence-electron chi connectivity index (χ1n) is 5.11. The summed E-state index contributed by atoms with van der Waals surface area (Å²) in [7, 11) is 0. The Morgan fingerprint density at radius 3 is 2.85 bits per heavy atom. The third-order valence-electron chi connectivity index (χ3n) is 2.48. The minimum atomic E-state index is -0.0745. The summed E-state index contributed by atoms with van der Waals surface area (Å²) < 4.78 is 4.89. The molecule has 0 bridgehead atoms. The topological polar surface area (TPSA) is 38.3 Å². The number of piperidine rings is 1. The van der Waals surface area contributed by atoms with Crippen molar-refractivity contribution < 1.29 is 9.53 Å². The van der Waals surface area contributed by atoms with Crippen LogP contribution in [0.5, 0.6) is 0 Å². The summed E-state index contributed by atoms with van der Waals surface area (Å²) in [6, 6.07) is 0.343. The second kappa shape index (κ2) is 5.22. The van der Waals surface area contributed by atoms with Gasteiger partial charge in [0.15, 0.2) is 0 Å². The van der Waals surface area contributed by atoms with Gasteiger partial charge in [-0.3, -0.25) is 4.79 Å². The zero-order valence-electron chi connectivity index (χ0n) is 8.51. The van der Waals surface area contributed by atoms with E-state index < -0.39 is 0 Å². The molecule has 0 aromatic carbocycles. The summed E-state index contributed by atoms with van der Waals surface area (Å²) in [5, 5.41) is 3.36. The predicted octanol–water partition coefficient (Wildman–Crippen LogP) is 1.33. The lowest BCUT2D eigenvalue weighted by Gasteiger charge is -2.26. The minimum absolute atomic E-state index is 0.0745. The Morgan fingerprint density at radius 1 is 1.54 bits per heavy atom. The van der Waals surface area contributed by atoms with Crippen molar-refractivity contribution in [3.63, 3.8) is 0 Å². The number of hydrogen-bond donors (Lipinski definition) is 1. The number of ether oxygens (including phenoxy) is 1. The van der Waals surface area contributed by atoms with Crippen LogP contribution >= 0.6 is 0 Å². The molecule has 0 unspecified atom stereocenters. The minimum Gasteiger partial charge on any atom is -0.466 e. The summed E-state index contributed by atoms with van der Waals surface area (Å²) >= 11 is 0. The molecular weight excluding hydrogens is 166 g/mol. The first kappa shape index (κ1) is 10.5. The molecule has 1 rings (SSSR count). The van der Waals surface area contributed by atoms with Crippen LogP contribution in [-0.4, -0.2) is 25.2 Å². The molecule has 1 aliphatic rings. The van der Waals surface area contributed by atoms with Crippen LogP contribution in [0.15, 0.2) is 0 Å². The molecule has 1 aliphatic heterocycles. The van der Waals surface area contributed by atoms with Crippen molar-refractivity contribution in [3.8, 4) is 0 Å². The molecule has 3 heteroatoms. The van der Waals surface area contributed by atoms with Gasteiger partial charge in [-0.25, -0.2) is 0 Å². The maximum atomic E-state index is 11.1. The summed E-state index contributed by atoms with van der Waals surface area (Å²) in [6.07, 6.45) is 2.84. The summed E-state index contributed by atoms with van der Waals surface area (Å²) in [5.74, 6) is 0.674. The highest BCUT2D eigenvalue weighted by Crippen LogP contribution is 2.15. The highest BCUT2D eigenvalue weighted by molar-refractivity contribution is 5.70. The molecule has 0 amide bonds. The van der Waals surface area contributed by atoms with Crippen LogP contribution in [0.25, 0.3) is 0 Å². The number of rotatable bonds is 3. The third kappa shape index (κ3) is 3.77. The Balaban J connectivity index is 2.18. The van der Waals surface area contributed by atoms with Gasteiger partial charge in [0, 0.05) is 6.04 Å². The Morgan fingerprint density at radius 2 is 2.31 bits per heavy atom. The van der Waals surface area contributed by atoms with Gasteiger partial charge in [0.1, 0.15) is 0 Å². The van der Waals surface area contributed by atoms with Crippen molar-refractivity contribution in [2.45, 2.75) is 39.2 Å². The smallest absolute Gasteiger partial charge is 0.307 e. The van der Waals surface area contributed by atoms with Crippen LogP contribution in [0, 0.1) is 5.92 Å². The largest absolute Gasteiger partial charge is 0.466 e. The van der Waals surface area contributed by atoms with Gasteiger partial charge in [-0.05, 0) is 32.2 Å². The average Bonchev–Trinajstić information content (AvgIpc) is 2.09. The van der Waals surface area contributed by atoms with E-state index in [1.165, 1.54) is 6.42 Å². The van der Waals surface area contributed by atoms with Crippen molar-refractivity contribution >= 4 is 5.97 Å². The Bertz CT molecular complexity index is 162. The van der Waals surface area contributed by atoms with Gasteiger partial charge in [-0.2, -0.15) is 0 Å². The van der Waals surface area contributed by atoms with Crippen LogP contribution in [0.4, 0.5) is 0 Å². The molecule has 0 aliphatic carbocycles. The van der Waals surface area contributed by atoms with Crippen LogP contribution < -0.4 is 5.32 Å². The van der Waals surface area contributed by atoms with E-state index in [0.717, 1.165) is 18.9 Å². The molecule has 0 radical (unpaired) electrons. The fourth-order valence-electron chi connectivity index (χ4n) is 1.65. The average molecular weight is 185 g/mol. The van der Waals surface area contributed by atoms with E-state index in [1.54, 1.807) is 0 Å². The number of hydrogen-bond acceptors (Lipinski definition) is 3. The molecule has 2 atom stereocenters. The second-order valence-corrected chi connectivity index (χ2v) is 3.80. The number of carbonyl (C=O) groups excluding carboxylic acids is 1. The van der Waals surface area contributed by atoms with Crippen molar-refractivity contribution in [3.05, 3.63) is 0 Å². The van der Waals surface area contributed by atoms with Gasteiger partial charge < -0.3 is 10.1 Å². The molecule has 1 fully saturated rings. The van der Waals surface area contributed by atoms with Crippen LogP contribution in [-0.2, 0) is 9.53 Å². The molecule has 0 aromatic rings. The van der Waals surface area contributed by atoms with Crippen LogP contribution in [0.2, 0.25) is 0 Å². The van der Waals surface area contributed by atoms with Gasteiger partial charge in [-0.1, -0.05) is 6.92 Å². The van der Waals surface area contributed by atoms with Gasteiger partial charge in [0.2, 0.25) is 0 Å². The quantitative estimate of drug-likeness (QED) is 0.674. The molecule has 1 N–H and O–H groups in total. The Hall–Kier alpha value is -0.570. The lowest BCUT2D eigenvalue weighted by Crippen LogP contribution is -2.39. The Labute approximate surface area is 79.8 Å². The molecule has 13 heavy (non-hydrogen) atoms. The van der Waals surface area contributed by atoms with Gasteiger partial charge in [-0.15, -0.1) is 0 Å². The van der Waals surface area contributed by atoms with E-state index in [2.05, 4.69) is 12.2 Å². The standard InChI is InChI=1S/C10H19NO2/c1-3-13-10(12)6-9-5-4-8(2)7-11-9/h8-9,11H,3-7H2,1-2H3/t8-,9-/m0/s1. The SMILES string of the molecule is CCOC(=O)C[C@@H]1CC[C@H](C)CN1. The van der Waals surface area contributed by atoms with E-state index in [9.17, 15) is 4.79 Å². The van der Waals surface area contributed by atoms with Crippen molar-refractivity contribution in [1.82, 2.24) is 5.32 Å². The van der Waals surface area contributed by atoms with Gasteiger partial charge in [0.25, 0.3) is 0 Å². The summed E-state index contributed by atoms with van der Waals surface area (Å²) in [5.41, 5.74) is 0. The van der Waals surface area contributed by atoms with E-state index in [1.807, 2.05) is 6.92 Å². The highest BCUT2D eigenvalue weighted by atomic mass is 16.5. The fraction of sp³-hybridized carbons (Fsp3) is 0.900. The lowest BCUT2D eigenvalue weighted by molar-refractivity contribution is -0.143. The van der Waals surface area contributed by atoms with Crippen molar-refractivity contribution in [1.29, 1.82) is 0 Å². The summed E-state index contributed by atoms with van der Waals surface area (Å²) in [6.45, 7) is 5.59. The van der Waals surface area contributed by atoms with Crippen LogP contribution in [0.3, 0.4) is 0 Å². The van der Waals surface area contributed by atoms with E-state index in [4.69, 9.17) is 4.74 Å². The molecule has 76 valence electrons. The molecule has 0 aromatic heterocycles. The van der Waals surface area contributed by atoms with Crippen molar-refractivity contribution in [2.75, 3.05) is 13.2 Å². The second-order valence-electron chi connectivity index (χ2n) is 3.80. The van der Waals surface area contributed by atoms with Gasteiger partial charge >= 0.3 is 5.97 Å². The Kier molecular flexibility index (Phi) is 4.22. The first-order chi connectivity index (χ1) is 6.22. The first-order valence-corrected chi connectivity index (χ1v) is 5.11. The molecule has 3 nitrogen and oxygen atoms in total. The zero-order chi connectivity index (χ0) is 9.68. The fourth-order valence-corrected chi connectivity index (χ4v) is 1.65. The van der Waals surface area contributed by atoms with Crippen LogP contribution in [0.1, 0.15) is 33.1 Å². The molecule has 1 heterocycles. The maximum absolute atomic E-state index is 11.1. The number of carbonyl (C=O) groups is 1. The van der Waals surface area contributed by atoms with E-state index in [-0.39, 0.29) is 5.97 Å². The van der Waals surface area contributed by atoms with Gasteiger partial charge in [0.05, 0.1) is 13.0 Å². The van der Waals surface area contributed by atoms with Crippen molar-refractivity contribution in [2.24, 2.45) is 5.92 Å². The van der Waals surface area contributed by atoms with E-state index >= 15 is 0 Å². The number of nitrogens with one attached hydrogen (secondary N) is 1. The summed E-state index contributed by atoms with van der Waals surface area (Å²) in [4.78, 5) is 11.1. The number of esters is 1. The normalized spacial score (nSPS) is 28.5. The molecule has 0 spiro atoms. The third-order valence-corrected chi connectivity index (χ3v) is 2.48. The zero-order valence-corrected chi connectivity index (χ0v) is 8.51. The molecule has 1 saturated heterocycles. The monoisotopic (exact) mass is 185 g/mol. The highest BCUT2D eigenvalue weighted by Gasteiger charge is 2.20. The predicted molar refractivity (Wildman–Crippen MR) is 51.4 cm³/mol.